The van der Waals surface area contributed by atoms with Crippen LogP contribution in [0.2, 0.25) is 0 Å². The van der Waals surface area contributed by atoms with E-state index in [1.165, 1.54) is 6.92 Å². The molecule has 0 bridgehead atoms. The molecule has 0 radical (unpaired) electrons. The molecule has 132 valence electrons. The van der Waals surface area contributed by atoms with Crippen LogP contribution >= 0.6 is 0 Å². The zero-order valence-corrected chi connectivity index (χ0v) is 14.1. The van der Waals surface area contributed by atoms with E-state index in [2.05, 4.69) is 5.32 Å². The molecule has 1 amide bonds. The van der Waals surface area contributed by atoms with Gasteiger partial charge in [0.25, 0.3) is 5.91 Å². The number of nitrogens with zero attached hydrogens (tertiary/aromatic N) is 1. The SMILES string of the molecule is Cc1cccc(NC(=O)c2c(F)c(C)c(N3CCCC3)c(F)c2F)c1. The van der Waals surface area contributed by atoms with E-state index in [4.69, 9.17) is 0 Å². The van der Waals surface area contributed by atoms with Crippen LogP contribution in [0.1, 0.15) is 34.3 Å². The van der Waals surface area contributed by atoms with Crippen molar-refractivity contribution in [2.24, 2.45) is 0 Å². The average molecular weight is 348 g/mol. The van der Waals surface area contributed by atoms with Gasteiger partial charge in [-0.15, -0.1) is 0 Å². The fraction of sp³-hybridized carbons (Fsp3) is 0.316. The van der Waals surface area contributed by atoms with Crippen molar-refractivity contribution in [2.75, 3.05) is 23.3 Å². The molecule has 0 aromatic heterocycles. The van der Waals surface area contributed by atoms with Gasteiger partial charge in [0.05, 0.1) is 5.69 Å². The second-order valence-corrected chi connectivity index (χ2v) is 6.31. The van der Waals surface area contributed by atoms with Crippen LogP contribution in [-0.4, -0.2) is 19.0 Å². The molecule has 1 N–H and O–H groups in total. The van der Waals surface area contributed by atoms with Gasteiger partial charge < -0.3 is 10.2 Å². The smallest absolute Gasteiger partial charge is 0.261 e. The normalized spacial score (nSPS) is 14.0. The largest absolute Gasteiger partial charge is 0.369 e. The lowest BCUT2D eigenvalue weighted by molar-refractivity contribution is 0.101. The molecule has 1 heterocycles. The molecule has 6 heteroatoms. The zero-order chi connectivity index (χ0) is 18.1. The van der Waals surface area contributed by atoms with Crippen LogP contribution in [0.5, 0.6) is 0 Å². The van der Waals surface area contributed by atoms with Crippen LogP contribution in [0.15, 0.2) is 24.3 Å². The number of amides is 1. The van der Waals surface area contributed by atoms with Crippen molar-refractivity contribution in [1.82, 2.24) is 0 Å². The first-order valence-electron chi connectivity index (χ1n) is 8.20. The van der Waals surface area contributed by atoms with Crippen molar-refractivity contribution >= 4 is 17.3 Å². The standard InChI is InChI=1S/C19H19F3N2O/c1-11-6-5-7-13(10-11)23-19(25)14-15(20)12(2)18(17(22)16(14)21)24-8-3-4-9-24/h5-7,10H,3-4,8-9H2,1-2H3,(H,23,25). The molecule has 0 spiro atoms. The number of aryl methyl sites for hydroxylation is 1. The molecular formula is C19H19F3N2O. The lowest BCUT2D eigenvalue weighted by atomic mass is 10.0. The second kappa shape index (κ2) is 6.78. The number of rotatable bonds is 3. The molecule has 1 fully saturated rings. The third kappa shape index (κ3) is 3.21. The number of halogens is 3. The predicted octanol–water partition coefficient (Wildman–Crippen LogP) is 4.57. The summed E-state index contributed by atoms with van der Waals surface area (Å²) in [6.07, 6.45) is 1.69. The lowest BCUT2D eigenvalue weighted by Crippen LogP contribution is -2.24. The third-order valence-corrected chi connectivity index (χ3v) is 4.45. The van der Waals surface area contributed by atoms with Gasteiger partial charge in [-0.05, 0) is 44.4 Å². The summed E-state index contributed by atoms with van der Waals surface area (Å²) in [5.74, 6) is -4.65. The van der Waals surface area contributed by atoms with Gasteiger partial charge in [-0.2, -0.15) is 0 Å². The van der Waals surface area contributed by atoms with Crippen molar-refractivity contribution in [1.29, 1.82) is 0 Å². The van der Waals surface area contributed by atoms with E-state index >= 15 is 0 Å². The van der Waals surface area contributed by atoms with Crippen LogP contribution in [0.4, 0.5) is 24.5 Å². The van der Waals surface area contributed by atoms with Gasteiger partial charge in [-0.1, -0.05) is 12.1 Å². The molecule has 1 aliphatic heterocycles. The van der Waals surface area contributed by atoms with Gasteiger partial charge >= 0.3 is 0 Å². The Bertz CT molecular complexity index is 801. The maximum Gasteiger partial charge on any atom is 0.261 e. The molecule has 0 saturated carbocycles. The Hall–Kier alpha value is -2.50. The molecule has 0 aliphatic carbocycles. The summed E-state index contributed by atoms with van der Waals surface area (Å²) >= 11 is 0. The molecule has 3 rings (SSSR count). The quantitative estimate of drug-likeness (QED) is 0.824. The van der Waals surface area contributed by atoms with E-state index in [-0.39, 0.29) is 11.3 Å². The lowest BCUT2D eigenvalue weighted by Gasteiger charge is -2.22. The number of hydrogen-bond donors (Lipinski definition) is 1. The highest BCUT2D eigenvalue weighted by molar-refractivity contribution is 6.05. The highest BCUT2D eigenvalue weighted by Crippen LogP contribution is 2.33. The number of carbonyl (C=O) groups is 1. The van der Waals surface area contributed by atoms with Crippen LogP contribution in [-0.2, 0) is 0 Å². The summed E-state index contributed by atoms with van der Waals surface area (Å²) in [5.41, 5.74) is 0.255. The molecule has 2 aromatic rings. The van der Waals surface area contributed by atoms with Crippen LogP contribution in [0, 0.1) is 31.3 Å². The highest BCUT2D eigenvalue weighted by Gasteiger charge is 2.30. The minimum Gasteiger partial charge on any atom is -0.369 e. The number of carbonyl (C=O) groups excluding carboxylic acids is 1. The first-order chi connectivity index (χ1) is 11.9. The highest BCUT2D eigenvalue weighted by atomic mass is 19.2. The fourth-order valence-electron chi connectivity index (χ4n) is 3.20. The Morgan fingerprint density at radius 1 is 1.04 bits per heavy atom. The van der Waals surface area contributed by atoms with E-state index in [0.717, 1.165) is 18.4 Å². The molecule has 25 heavy (non-hydrogen) atoms. The van der Waals surface area contributed by atoms with Crippen molar-refractivity contribution in [2.45, 2.75) is 26.7 Å². The van der Waals surface area contributed by atoms with E-state index in [1.54, 1.807) is 23.1 Å². The summed E-state index contributed by atoms with van der Waals surface area (Å²) < 4.78 is 43.7. The molecule has 1 aliphatic rings. The second-order valence-electron chi connectivity index (χ2n) is 6.31. The molecule has 0 atom stereocenters. The molecular weight excluding hydrogens is 329 g/mol. The van der Waals surface area contributed by atoms with E-state index in [9.17, 15) is 18.0 Å². The number of hydrogen-bond acceptors (Lipinski definition) is 2. The maximum atomic E-state index is 14.7. The monoisotopic (exact) mass is 348 g/mol. The van der Waals surface area contributed by atoms with Gasteiger partial charge in [0.15, 0.2) is 11.6 Å². The van der Waals surface area contributed by atoms with Crippen molar-refractivity contribution < 1.29 is 18.0 Å². The van der Waals surface area contributed by atoms with Gasteiger partial charge in [0.1, 0.15) is 11.4 Å². The van der Waals surface area contributed by atoms with Gasteiger partial charge in [-0.25, -0.2) is 13.2 Å². The zero-order valence-electron chi connectivity index (χ0n) is 14.1. The van der Waals surface area contributed by atoms with Crippen molar-refractivity contribution in [3.8, 4) is 0 Å². The van der Waals surface area contributed by atoms with E-state index in [1.807, 2.05) is 13.0 Å². The van der Waals surface area contributed by atoms with Crippen LogP contribution in [0.25, 0.3) is 0 Å². The van der Waals surface area contributed by atoms with Crippen LogP contribution in [0.3, 0.4) is 0 Å². The molecule has 1 saturated heterocycles. The summed E-state index contributed by atoms with van der Waals surface area (Å²) in [6.45, 7) is 4.29. The summed E-state index contributed by atoms with van der Waals surface area (Å²) in [5, 5.41) is 2.42. The summed E-state index contributed by atoms with van der Waals surface area (Å²) in [7, 11) is 0. The predicted molar refractivity (Wildman–Crippen MR) is 91.6 cm³/mol. The third-order valence-electron chi connectivity index (χ3n) is 4.45. The van der Waals surface area contributed by atoms with Gasteiger partial charge in [0.2, 0.25) is 0 Å². The molecule has 0 unspecified atom stereocenters. The maximum absolute atomic E-state index is 14.7. The Kier molecular flexibility index (Phi) is 4.70. The Labute approximate surface area is 144 Å². The molecule has 3 nitrogen and oxygen atoms in total. The van der Waals surface area contributed by atoms with Crippen LogP contribution < -0.4 is 10.2 Å². The van der Waals surface area contributed by atoms with Gasteiger partial charge in [0, 0.05) is 24.3 Å². The Morgan fingerprint density at radius 3 is 2.36 bits per heavy atom. The average Bonchev–Trinajstić information content (AvgIpc) is 3.07. The first-order valence-corrected chi connectivity index (χ1v) is 8.20. The Balaban J connectivity index is 2.00. The fourth-order valence-corrected chi connectivity index (χ4v) is 3.20. The number of anilines is 2. The van der Waals surface area contributed by atoms with Crippen molar-refractivity contribution in [3.63, 3.8) is 0 Å². The Morgan fingerprint density at radius 2 is 1.72 bits per heavy atom. The van der Waals surface area contributed by atoms with Gasteiger partial charge in [-0.3, -0.25) is 4.79 Å². The van der Waals surface area contributed by atoms with Crippen molar-refractivity contribution in [3.05, 3.63) is 58.4 Å². The summed E-state index contributed by atoms with van der Waals surface area (Å²) in [4.78, 5) is 14.0. The minimum absolute atomic E-state index is 0.0461. The molecule has 2 aromatic carbocycles. The summed E-state index contributed by atoms with van der Waals surface area (Å²) in [6, 6.07) is 6.80. The first kappa shape index (κ1) is 17.3. The number of benzene rings is 2. The topological polar surface area (TPSA) is 32.3 Å². The number of nitrogens with one attached hydrogen (secondary N) is 1. The van der Waals surface area contributed by atoms with E-state index in [0.29, 0.717) is 18.8 Å². The minimum atomic E-state index is -1.45. The van der Waals surface area contributed by atoms with E-state index < -0.39 is 28.9 Å².